The fourth-order valence-electron chi connectivity index (χ4n) is 2.99. The van der Waals surface area contributed by atoms with E-state index < -0.39 is 5.56 Å². The summed E-state index contributed by atoms with van der Waals surface area (Å²) in [6.07, 6.45) is 4.77. The predicted molar refractivity (Wildman–Crippen MR) is 106 cm³/mol. The van der Waals surface area contributed by atoms with E-state index in [9.17, 15) is 9.59 Å². The van der Waals surface area contributed by atoms with Crippen molar-refractivity contribution < 1.29 is 4.79 Å². The van der Waals surface area contributed by atoms with Gasteiger partial charge in [0, 0.05) is 34.6 Å². The minimum Gasteiger partial charge on any atom is -0.393 e. The Labute approximate surface area is 160 Å². The predicted octanol–water partition coefficient (Wildman–Crippen LogP) is 1.69. The lowest BCUT2D eigenvalue weighted by Gasteiger charge is -2.12. The number of nitrogens with zero attached hydrogens (tertiary/aromatic N) is 3. The smallest absolute Gasteiger partial charge is 0.277 e. The lowest BCUT2D eigenvalue weighted by Crippen LogP contribution is -2.34. The van der Waals surface area contributed by atoms with Gasteiger partial charge in [0.15, 0.2) is 0 Å². The molecule has 8 heteroatoms. The van der Waals surface area contributed by atoms with Gasteiger partial charge in [-0.2, -0.15) is 0 Å². The molecule has 0 bridgehead atoms. The standard InChI is InChI=1S/C20H18N6O2/c21-16-11-24-19(13-4-2-1-3-5-13)26(20(16)28)12-18(27)23-10-15-8-14-9-22-7-6-17(14)25-15/h1-9,11,25H,10,12,21H2,(H,23,27). The van der Waals surface area contributed by atoms with Gasteiger partial charge in [0.1, 0.15) is 18.1 Å². The summed E-state index contributed by atoms with van der Waals surface area (Å²) in [7, 11) is 0. The van der Waals surface area contributed by atoms with Crippen LogP contribution in [-0.2, 0) is 17.9 Å². The summed E-state index contributed by atoms with van der Waals surface area (Å²) in [5, 5.41) is 3.78. The minimum absolute atomic E-state index is 0.00408. The Kier molecular flexibility index (Phi) is 4.59. The van der Waals surface area contributed by atoms with Crippen LogP contribution in [0.1, 0.15) is 5.69 Å². The summed E-state index contributed by atoms with van der Waals surface area (Å²) in [6.45, 7) is 0.127. The molecule has 0 saturated heterocycles. The zero-order valence-electron chi connectivity index (χ0n) is 14.9. The first-order valence-electron chi connectivity index (χ1n) is 8.71. The van der Waals surface area contributed by atoms with Gasteiger partial charge in [-0.15, -0.1) is 0 Å². The largest absolute Gasteiger partial charge is 0.393 e. The van der Waals surface area contributed by atoms with Crippen molar-refractivity contribution in [3.63, 3.8) is 0 Å². The molecule has 0 atom stereocenters. The molecule has 3 heterocycles. The number of nitrogens with one attached hydrogen (secondary N) is 2. The average Bonchev–Trinajstić information content (AvgIpc) is 3.14. The zero-order chi connectivity index (χ0) is 19.5. The number of hydrogen-bond donors (Lipinski definition) is 3. The van der Waals surface area contributed by atoms with Crippen LogP contribution in [0.25, 0.3) is 22.3 Å². The van der Waals surface area contributed by atoms with Crippen LogP contribution in [0.4, 0.5) is 5.69 Å². The summed E-state index contributed by atoms with van der Waals surface area (Å²) >= 11 is 0. The van der Waals surface area contributed by atoms with Crippen LogP contribution >= 0.6 is 0 Å². The van der Waals surface area contributed by atoms with Gasteiger partial charge in [-0.3, -0.25) is 19.1 Å². The number of carbonyl (C=O) groups is 1. The highest BCUT2D eigenvalue weighted by molar-refractivity contribution is 5.80. The molecule has 0 aliphatic heterocycles. The molecule has 8 nitrogen and oxygen atoms in total. The first kappa shape index (κ1) is 17.5. The normalized spacial score (nSPS) is 10.9. The maximum absolute atomic E-state index is 12.5. The van der Waals surface area contributed by atoms with Crippen molar-refractivity contribution in [3.05, 3.63) is 77.1 Å². The third kappa shape index (κ3) is 3.48. The molecule has 4 aromatic rings. The van der Waals surface area contributed by atoms with Crippen molar-refractivity contribution in [2.45, 2.75) is 13.1 Å². The molecule has 4 N–H and O–H groups in total. The molecule has 1 amide bonds. The van der Waals surface area contributed by atoms with Crippen LogP contribution in [0.2, 0.25) is 0 Å². The van der Waals surface area contributed by atoms with Crippen LogP contribution < -0.4 is 16.6 Å². The van der Waals surface area contributed by atoms with E-state index in [-0.39, 0.29) is 18.1 Å². The number of carbonyl (C=O) groups excluding carboxylic acids is 1. The monoisotopic (exact) mass is 374 g/mol. The fraction of sp³-hybridized carbons (Fsp3) is 0.100. The van der Waals surface area contributed by atoms with E-state index in [1.165, 1.54) is 10.8 Å². The van der Waals surface area contributed by atoms with Gasteiger partial charge in [0.25, 0.3) is 5.56 Å². The number of anilines is 1. The summed E-state index contributed by atoms with van der Waals surface area (Å²) < 4.78 is 1.29. The molecule has 3 aromatic heterocycles. The number of aromatic nitrogens is 4. The molecule has 0 aliphatic rings. The SMILES string of the molecule is Nc1cnc(-c2ccccc2)n(CC(=O)NCc2cc3cnccc3[nH]2)c1=O. The summed E-state index contributed by atoms with van der Waals surface area (Å²) in [5.41, 5.74) is 7.79. The first-order valence-corrected chi connectivity index (χ1v) is 8.71. The van der Waals surface area contributed by atoms with Crippen LogP contribution in [0.3, 0.4) is 0 Å². The number of amides is 1. The zero-order valence-corrected chi connectivity index (χ0v) is 14.9. The van der Waals surface area contributed by atoms with E-state index in [1.807, 2.05) is 42.5 Å². The molecule has 0 fully saturated rings. The van der Waals surface area contributed by atoms with Crippen molar-refractivity contribution in [2.75, 3.05) is 5.73 Å². The van der Waals surface area contributed by atoms with E-state index in [1.54, 1.807) is 12.4 Å². The van der Waals surface area contributed by atoms with Crippen molar-refractivity contribution in [2.24, 2.45) is 0 Å². The number of pyridine rings is 1. The topological polar surface area (TPSA) is 119 Å². The number of hydrogen-bond acceptors (Lipinski definition) is 5. The van der Waals surface area contributed by atoms with Gasteiger partial charge >= 0.3 is 0 Å². The van der Waals surface area contributed by atoms with Gasteiger partial charge in [0.2, 0.25) is 5.91 Å². The highest BCUT2D eigenvalue weighted by Gasteiger charge is 2.14. The van der Waals surface area contributed by atoms with Gasteiger partial charge in [-0.25, -0.2) is 4.98 Å². The second kappa shape index (κ2) is 7.36. The molecule has 0 spiro atoms. The number of nitrogens with two attached hydrogens (primary N) is 1. The molecule has 140 valence electrons. The lowest BCUT2D eigenvalue weighted by atomic mass is 10.2. The van der Waals surface area contributed by atoms with Gasteiger partial charge in [-0.1, -0.05) is 30.3 Å². The number of aromatic amines is 1. The molecule has 28 heavy (non-hydrogen) atoms. The first-order chi connectivity index (χ1) is 13.6. The van der Waals surface area contributed by atoms with E-state index in [0.29, 0.717) is 12.4 Å². The van der Waals surface area contributed by atoms with Crippen LogP contribution in [0.15, 0.2) is 65.8 Å². The second-order valence-corrected chi connectivity index (χ2v) is 6.33. The van der Waals surface area contributed by atoms with Gasteiger partial charge in [0.05, 0.1) is 12.7 Å². The van der Waals surface area contributed by atoms with E-state index in [4.69, 9.17) is 5.73 Å². The summed E-state index contributed by atoms with van der Waals surface area (Å²) in [4.78, 5) is 36.5. The molecule has 4 rings (SSSR count). The highest BCUT2D eigenvalue weighted by atomic mass is 16.2. The van der Waals surface area contributed by atoms with Crippen molar-refractivity contribution >= 4 is 22.5 Å². The molecular weight excluding hydrogens is 356 g/mol. The number of benzene rings is 1. The highest BCUT2D eigenvalue weighted by Crippen LogP contribution is 2.16. The third-order valence-electron chi connectivity index (χ3n) is 4.36. The van der Waals surface area contributed by atoms with Crippen LogP contribution in [0, 0.1) is 0 Å². The van der Waals surface area contributed by atoms with E-state index >= 15 is 0 Å². The fourth-order valence-corrected chi connectivity index (χ4v) is 2.99. The number of H-pyrrole nitrogens is 1. The van der Waals surface area contributed by atoms with Crippen molar-refractivity contribution in [1.29, 1.82) is 0 Å². The Morgan fingerprint density at radius 2 is 2.00 bits per heavy atom. The van der Waals surface area contributed by atoms with Crippen molar-refractivity contribution in [1.82, 2.24) is 24.8 Å². The summed E-state index contributed by atoms with van der Waals surface area (Å²) in [6, 6.07) is 13.0. The average molecular weight is 374 g/mol. The molecule has 1 aromatic carbocycles. The van der Waals surface area contributed by atoms with Crippen molar-refractivity contribution in [3.8, 4) is 11.4 Å². The minimum atomic E-state index is -0.444. The van der Waals surface area contributed by atoms with E-state index in [0.717, 1.165) is 22.2 Å². The molecular formula is C20H18N6O2. The van der Waals surface area contributed by atoms with Gasteiger partial charge < -0.3 is 16.0 Å². The third-order valence-corrected chi connectivity index (χ3v) is 4.36. The number of fused-ring (bicyclic) bond motifs is 1. The number of rotatable bonds is 5. The Bertz CT molecular complexity index is 1160. The Hall–Kier alpha value is -3.94. The number of nitrogen functional groups attached to an aromatic ring is 1. The lowest BCUT2D eigenvalue weighted by molar-refractivity contribution is -0.121. The molecule has 0 unspecified atom stereocenters. The Morgan fingerprint density at radius 1 is 1.18 bits per heavy atom. The molecule has 0 aliphatic carbocycles. The Balaban J connectivity index is 1.54. The summed E-state index contributed by atoms with van der Waals surface area (Å²) in [5.74, 6) is 0.0788. The molecule has 0 radical (unpaired) electrons. The maximum Gasteiger partial charge on any atom is 0.277 e. The molecule has 0 saturated carbocycles. The second-order valence-electron chi connectivity index (χ2n) is 6.33. The quantitative estimate of drug-likeness (QED) is 0.491. The van der Waals surface area contributed by atoms with E-state index in [2.05, 4.69) is 20.3 Å². The maximum atomic E-state index is 12.5. The van der Waals surface area contributed by atoms with Gasteiger partial charge in [-0.05, 0) is 12.1 Å². The Morgan fingerprint density at radius 3 is 2.79 bits per heavy atom. The van der Waals surface area contributed by atoms with Crippen LogP contribution in [0.5, 0.6) is 0 Å². The van der Waals surface area contributed by atoms with Crippen LogP contribution in [-0.4, -0.2) is 25.4 Å².